The molecule has 0 bridgehead atoms. The Hall–Kier alpha value is -0.860. The number of ketones is 1. The normalized spacial score (nSPS) is 21.0. The van der Waals surface area contributed by atoms with E-state index in [1.807, 2.05) is 0 Å². The Morgan fingerprint density at radius 1 is 0.900 bits per heavy atom. The molecule has 0 aromatic heterocycles. The van der Waals surface area contributed by atoms with Crippen LogP contribution in [-0.4, -0.2) is 18.2 Å². The quantitative estimate of drug-likeness (QED) is 0.724. The van der Waals surface area contributed by atoms with Gasteiger partial charge in [0, 0.05) is 25.3 Å². The van der Waals surface area contributed by atoms with Crippen LogP contribution >= 0.6 is 0 Å². The lowest BCUT2D eigenvalue weighted by atomic mass is 9.85. The van der Waals surface area contributed by atoms with E-state index in [1.165, 1.54) is 44.9 Å². The first-order valence-corrected chi connectivity index (χ1v) is 8.55. The van der Waals surface area contributed by atoms with E-state index in [1.54, 1.807) is 0 Å². The van der Waals surface area contributed by atoms with Gasteiger partial charge in [-0.2, -0.15) is 0 Å². The minimum atomic E-state index is 0.182. The van der Waals surface area contributed by atoms with E-state index in [0.29, 0.717) is 37.0 Å². The lowest BCUT2D eigenvalue weighted by Gasteiger charge is -2.20. The molecule has 0 unspecified atom stereocenters. The smallest absolute Gasteiger partial charge is 0.220 e. The molecule has 1 N–H and O–H groups in total. The highest BCUT2D eigenvalue weighted by Gasteiger charge is 2.21. The van der Waals surface area contributed by atoms with E-state index in [9.17, 15) is 9.59 Å². The van der Waals surface area contributed by atoms with Gasteiger partial charge in [0.1, 0.15) is 5.78 Å². The number of rotatable bonds is 7. The Morgan fingerprint density at radius 2 is 1.55 bits per heavy atom. The summed E-state index contributed by atoms with van der Waals surface area (Å²) in [6.07, 6.45) is 13.1. The summed E-state index contributed by atoms with van der Waals surface area (Å²) in [6.45, 7) is 0.671. The number of nitrogens with one attached hydrogen (secondary N) is 1. The third-order valence-corrected chi connectivity index (χ3v) is 4.93. The van der Waals surface area contributed by atoms with E-state index in [2.05, 4.69) is 5.32 Å². The van der Waals surface area contributed by atoms with Crippen molar-refractivity contribution in [3.8, 4) is 0 Å². The van der Waals surface area contributed by atoms with Crippen LogP contribution in [0.5, 0.6) is 0 Å². The van der Waals surface area contributed by atoms with Crippen LogP contribution in [0.25, 0.3) is 0 Å². The van der Waals surface area contributed by atoms with E-state index in [0.717, 1.165) is 19.3 Å². The van der Waals surface area contributed by atoms with Crippen LogP contribution in [0.1, 0.15) is 77.0 Å². The van der Waals surface area contributed by atoms with Crippen LogP contribution in [0.2, 0.25) is 0 Å². The van der Waals surface area contributed by atoms with Gasteiger partial charge in [0.15, 0.2) is 0 Å². The van der Waals surface area contributed by atoms with Gasteiger partial charge in [0.2, 0.25) is 5.91 Å². The first-order chi connectivity index (χ1) is 9.75. The van der Waals surface area contributed by atoms with Crippen molar-refractivity contribution < 1.29 is 9.59 Å². The molecule has 2 rings (SSSR count). The molecule has 2 fully saturated rings. The molecule has 0 aromatic rings. The van der Waals surface area contributed by atoms with Crippen molar-refractivity contribution in [3.05, 3.63) is 0 Å². The van der Waals surface area contributed by atoms with Crippen molar-refractivity contribution in [1.82, 2.24) is 5.32 Å². The third-order valence-electron chi connectivity index (χ3n) is 4.93. The second-order valence-corrected chi connectivity index (χ2v) is 6.61. The van der Waals surface area contributed by atoms with Gasteiger partial charge in [0.05, 0.1) is 0 Å². The van der Waals surface area contributed by atoms with Gasteiger partial charge in [-0.25, -0.2) is 0 Å². The van der Waals surface area contributed by atoms with Crippen molar-refractivity contribution >= 4 is 11.7 Å². The highest BCUT2D eigenvalue weighted by atomic mass is 16.1. The fourth-order valence-corrected chi connectivity index (χ4v) is 3.67. The topological polar surface area (TPSA) is 46.2 Å². The predicted molar refractivity (Wildman–Crippen MR) is 80.4 cm³/mol. The molecule has 2 aliphatic rings. The molecule has 0 aromatic carbocycles. The zero-order chi connectivity index (χ0) is 14.2. The van der Waals surface area contributed by atoms with Gasteiger partial charge < -0.3 is 5.32 Å². The molecular formula is C17H29NO2. The fraction of sp³-hybridized carbons (Fsp3) is 0.882. The summed E-state index contributed by atoms with van der Waals surface area (Å²) < 4.78 is 0. The molecule has 114 valence electrons. The zero-order valence-corrected chi connectivity index (χ0v) is 12.7. The molecular weight excluding hydrogens is 250 g/mol. The first-order valence-electron chi connectivity index (χ1n) is 8.55. The standard InChI is InChI=1S/C17H29NO2/c19-16(15-9-2-1-3-10-15)11-6-12-18-17(20)13-14-7-4-5-8-14/h14-15H,1-13H2,(H,18,20). The van der Waals surface area contributed by atoms with Gasteiger partial charge in [-0.05, 0) is 38.0 Å². The number of amides is 1. The summed E-state index contributed by atoms with van der Waals surface area (Å²) in [5.74, 6) is 1.54. The lowest BCUT2D eigenvalue weighted by molar-refractivity contribution is -0.125. The van der Waals surface area contributed by atoms with Gasteiger partial charge in [-0.1, -0.05) is 32.1 Å². The molecule has 2 aliphatic carbocycles. The van der Waals surface area contributed by atoms with Crippen LogP contribution in [0, 0.1) is 11.8 Å². The number of carbonyl (C=O) groups excluding carboxylic acids is 2. The van der Waals surface area contributed by atoms with Crippen molar-refractivity contribution in [2.45, 2.75) is 77.0 Å². The average Bonchev–Trinajstić information content (AvgIpc) is 2.97. The van der Waals surface area contributed by atoms with Crippen molar-refractivity contribution in [1.29, 1.82) is 0 Å². The second-order valence-electron chi connectivity index (χ2n) is 6.61. The summed E-state index contributed by atoms with van der Waals surface area (Å²) in [6, 6.07) is 0. The molecule has 2 saturated carbocycles. The lowest BCUT2D eigenvalue weighted by Crippen LogP contribution is -2.27. The molecule has 1 amide bonds. The summed E-state index contributed by atoms with van der Waals surface area (Å²) >= 11 is 0. The van der Waals surface area contributed by atoms with Crippen molar-refractivity contribution in [2.75, 3.05) is 6.54 Å². The van der Waals surface area contributed by atoms with Gasteiger partial charge >= 0.3 is 0 Å². The van der Waals surface area contributed by atoms with Crippen LogP contribution in [0.15, 0.2) is 0 Å². The molecule has 20 heavy (non-hydrogen) atoms. The van der Waals surface area contributed by atoms with Crippen molar-refractivity contribution in [2.24, 2.45) is 11.8 Å². The van der Waals surface area contributed by atoms with Gasteiger partial charge in [-0.15, -0.1) is 0 Å². The molecule has 0 radical (unpaired) electrons. The molecule has 3 nitrogen and oxygen atoms in total. The SMILES string of the molecule is O=C(CC1CCCC1)NCCCC(=O)C1CCCCC1. The first kappa shape index (κ1) is 15.5. The highest BCUT2D eigenvalue weighted by molar-refractivity contribution is 5.81. The Labute approximate surface area is 122 Å². The minimum Gasteiger partial charge on any atom is -0.356 e. The Kier molecular flexibility index (Phi) is 6.55. The number of Topliss-reactive ketones (excluding diaryl/α,β-unsaturated/α-hetero) is 1. The van der Waals surface area contributed by atoms with Crippen LogP contribution in [-0.2, 0) is 9.59 Å². The van der Waals surface area contributed by atoms with Crippen LogP contribution in [0.4, 0.5) is 0 Å². The van der Waals surface area contributed by atoms with Gasteiger partial charge in [-0.3, -0.25) is 9.59 Å². The zero-order valence-electron chi connectivity index (χ0n) is 12.7. The van der Waals surface area contributed by atoms with E-state index in [-0.39, 0.29) is 5.91 Å². The van der Waals surface area contributed by atoms with Crippen LogP contribution in [0.3, 0.4) is 0 Å². The highest BCUT2D eigenvalue weighted by Crippen LogP contribution is 2.27. The van der Waals surface area contributed by atoms with E-state index >= 15 is 0 Å². The maximum absolute atomic E-state index is 12.0. The molecule has 0 aliphatic heterocycles. The summed E-state index contributed by atoms with van der Waals surface area (Å²) in [4.78, 5) is 23.8. The van der Waals surface area contributed by atoms with Crippen LogP contribution < -0.4 is 5.32 Å². The Bertz CT molecular complexity index is 315. The molecule has 0 spiro atoms. The summed E-state index contributed by atoms with van der Waals surface area (Å²) in [7, 11) is 0. The maximum atomic E-state index is 12.0. The minimum absolute atomic E-state index is 0.182. The number of hydrogen-bond donors (Lipinski definition) is 1. The van der Waals surface area contributed by atoms with Gasteiger partial charge in [0.25, 0.3) is 0 Å². The largest absolute Gasteiger partial charge is 0.356 e. The molecule has 0 heterocycles. The van der Waals surface area contributed by atoms with E-state index < -0.39 is 0 Å². The maximum Gasteiger partial charge on any atom is 0.220 e. The second kappa shape index (κ2) is 8.43. The Morgan fingerprint density at radius 3 is 2.25 bits per heavy atom. The Balaban J connectivity index is 1.51. The molecule has 0 saturated heterocycles. The van der Waals surface area contributed by atoms with Crippen molar-refractivity contribution in [3.63, 3.8) is 0 Å². The monoisotopic (exact) mass is 279 g/mol. The number of carbonyl (C=O) groups is 2. The fourth-order valence-electron chi connectivity index (χ4n) is 3.67. The number of hydrogen-bond acceptors (Lipinski definition) is 2. The third kappa shape index (κ3) is 5.26. The summed E-state index contributed by atoms with van der Waals surface area (Å²) in [5.41, 5.74) is 0. The van der Waals surface area contributed by atoms with E-state index in [4.69, 9.17) is 0 Å². The summed E-state index contributed by atoms with van der Waals surface area (Å²) in [5, 5.41) is 2.98. The average molecular weight is 279 g/mol. The predicted octanol–water partition coefficient (Wildman–Crippen LogP) is 3.61. The molecule has 3 heteroatoms. The molecule has 0 atom stereocenters.